The first-order valence-corrected chi connectivity index (χ1v) is 4.70. The molecule has 0 aliphatic rings. The van der Waals surface area contributed by atoms with Crippen LogP contribution in [0.15, 0.2) is 47.4 Å². The molecule has 16 heavy (non-hydrogen) atoms. The van der Waals surface area contributed by atoms with Crippen LogP contribution >= 0.6 is 0 Å². The summed E-state index contributed by atoms with van der Waals surface area (Å²) in [6.07, 6.45) is 1.45. The Morgan fingerprint density at radius 2 is 1.75 bits per heavy atom. The summed E-state index contributed by atoms with van der Waals surface area (Å²) < 4.78 is 0. The third kappa shape index (κ3) is 1.72. The number of aromatic hydroxyl groups is 1. The molecule has 2 rings (SSSR count). The molecular formula is C12H9NO3. The first kappa shape index (κ1) is 10.2. The Morgan fingerprint density at radius 1 is 1.06 bits per heavy atom. The van der Waals surface area contributed by atoms with Crippen LogP contribution in [0.4, 0.5) is 0 Å². The fourth-order valence-electron chi connectivity index (χ4n) is 1.41. The average Bonchev–Trinajstić information content (AvgIpc) is 2.29. The molecule has 1 heterocycles. The van der Waals surface area contributed by atoms with E-state index in [1.54, 1.807) is 18.2 Å². The number of phenols is 1. The monoisotopic (exact) mass is 215 g/mol. The molecule has 0 radical (unpaired) electrons. The Labute approximate surface area is 91.2 Å². The van der Waals surface area contributed by atoms with Gasteiger partial charge in [-0.05, 0) is 24.3 Å². The van der Waals surface area contributed by atoms with Crippen molar-refractivity contribution in [2.75, 3.05) is 0 Å². The number of benzene rings is 1. The lowest BCUT2D eigenvalue weighted by Gasteiger charge is -2.02. The van der Waals surface area contributed by atoms with Gasteiger partial charge in [-0.3, -0.25) is 9.59 Å². The van der Waals surface area contributed by atoms with Crippen LogP contribution in [-0.4, -0.2) is 15.9 Å². The number of para-hydroxylation sites is 1. The molecule has 0 bridgehead atoms. The topological polar surface area (TPSA) is 70.2 Å². The Hall–Kier alpha value is -2.36. The van der Waals surface area contributed by atoms with Gasteiger partial charge in [-0.1, -0.05) is 12.1 Å². The molecule has 1 aromatic carbocycles. The summed E-state index contributed by atoms with van der Waals surface area (Å²) in [4.78, 5) is 25.7. The Kier molecular flexibility index (Phi) is 2.55. The van der Waals surface area contributed by atoms with E-state index in [1.807, 2.05) is 0 Å². The highest BCUT2D eigenvalue weighted by Gasteiger charge is 2.15. The van der Waals surface area contributed by atoms with Crippen LogP contribution in [0.2, 0.25) is 0 Å². The molecule has 0 atom stereocenters. The number of pyridine rings is 1. The molecule has 2 aromatic rings. The lowest BCUT2D eigenvalue weighted by molar-refractivity contribution is 0.103. The van der Waals surface area contributed by atoms with E-state index in [-0.39, 0.29) is 16.9 Å². The van der Waals surface area contributed by atoms with Gasteiger partial charge in [0.15, 0.2) is 0 Å². The number of hydrogen-bond acceptors (Lipinski definition) is 3. The van der Waals surface area contributed by atoms with E-state index < -0.39 is 11.3 Å². The fourth-order valence-corrected chi connectivity index (χ4v) is 1.41. The number of H-pyrrole nitrogens is 1. The summed E-state index contributed by atoms with van der Waals surface area (Å²) in [5.41, 5.74) is -0.320. The van der Waals surface area contributed by atoms with Crippen LogP contribution in [-0.2, 0) is 0 Å². The van der Waals surface area contributed by atoms with Gasteiger partial charge in [-0.25, -0.2) is 0 Å². The van der Waals surface area contributed by atoms with Crippen molar-refractivity contribution in [3.8, 4) is 5.75 Å². The summed E-state index contributed by atoms with van der Waals surface area (Å²) >= 11 is 0. The summed E-state index contributed by atoms with van der Waals surface area (Å²) in [6, 6.07) is 9.11. The number of rotatable bonds is 2. The number of ketones is 1. The van der Waals surface area contributed by atoms with Gasteiger partial charge < -0.3 is 10.1 Å². The largest absolute Gasteiger partial charge is 0.507 e. The van der Waals surface area contributed by atoms with E-state index in [2.05, 4.69) is 4.98 Å². The van der Waals surface area contributed by atoms with Gasteiger partial charge in [0.25, 0.3) is 5.56 Å². The summed E-state index contributed by atoms with van der Waals surface area (Å²) in [5.74, 6) is -0.615. The lowest BCUT2D eigenvalue weighted by atomic mass is 10.0. The van der Waals surface area contributed by atoms with Gasteiger partial charge >= 0.3 is 0 Å². The minimum Gasteiger partial charge on any atom is -0.507 e. The Balaban J connectivity index is 2.53. The van der Waals surface area contributed by atoms with Crippen molar-refractivity contribution in [2.45, 2.75) is 0 Å². The van der Waals surface area contributed by atoms with E-state index in [9.17, 15) is 14.7 Å². The van der Waals surface area contributed by atoms with Gasteiger partial charge in [-0.15, -0.1) is 0 Å². The van der Waals surface area contributed by atoms with Crippen molar-refractivity contribution >= 4 is 5.78 Å². The van der Waals surface area contributed by atoms with Crippen molar-refractivity contribution < 1.29 is 9.90 Å². The summed E-state index contributed by atoms with van der Waals surface area (Å²) in [7, 11) is 0. The highest BCUT2D eigenvalue weighted by atomic mass is 16.3. The van der Waals surface area contributed by atoms with Crippen LogP contribution in [0, 0.1) is 0 Å². The number of carbonyl (C=O) groups is 1. The second kappa shape index (κ2) is 4.02. The zero-order chi connectivity index (χ0) is 11.5. The van der Waals surface area contributed by atoms with Crippen molar-refractivity contribution in [3.63, 3.8) is 0 Å². The molecule has 2 N–H and O–H groups in total. The average molecular weight is 215 g/mol. The molecule has 0 saturated heterocycles. The SMILES string of the molecule is O=C(c1ccccc1O)c1ccc[nH]c1=O. The van der Waals surface area contributed by atoms with Gasteiger partial charge in [-0.2, -0.15) is 0 Å². The molecule has 0 aliphatic heterocycles. The molecule has 0 fully saturated rings. The fraction of sp³-hybridized carbons (Fsp3) is 0. The molecule has 0 aliphatic carbocycles. The second-order valence-corrected chi connectivity index (χ2v) is 3.26. The highest BCUT2D eigenvalue weighted by molar-refractivity contribution is 6.10. The molecule has 4 nitrogen and oxygen atoms in total. The predicted molar refractivity (Wildman–Crippen MR) is 58.6 cm³/mol. The summed E-state index contributed by atoms with van der Waals surface area (Å²) in [6.45, 7) is 0. The molecule has 0 spiro atoms. The van der Waals surface area contributed by atoms with Gasteiger partial charge in [0.2, 0.25) is 5.78 Å². The third-order valence-electron chi connectivity index (χ3n) is 2.21. The molecule has 0 unspecified atom stereocenters. The molecule has 1 aromatic heterocycles. The summed E-state index contributed by atoms with van der Waals surface area (Å²) in [5, 5.41) is 9.50. The van der Waals surface area contributed by atoms with Crippen LogP contribution < -0.4 is 5.56 Å². The maximum absolute atomic E-state index is 11.9. The van der Waals surface area contributed by atoms with Crippen LogP contribution in [0.5, 0.6) is 5.75 Å². The van der Waals surface area contributed by atoms with E-state index in [0.717, 1.165) is 0 Å². The number of aromatic nitrogens is 1. The normalized spacial score (nSPS) is 10.0. The quantitative estimate of drug-likeness (QED) is 0.742. The van der Waals surface area contributed by atoms with Crippen molar-refractivity contribution in [3.05, 3.63) is 64.1 Å². The zero-order valence-electron chi connectivity index (χ0n) is 8.31. The molecule has 0 saturated carbocycles. The van der Waals surface area contributed by atoms with Crippen molar-refractivity contribution in [2.24, 2.45) is 0 Å². The zero-order valence-corrected chi connectivity index (χ0v) is 8.31. The smallest absolute Gasteiger partial charge is 0.259 e. The van der Waals surface area contributed by atoms with E-state index in [1.165, 1.54) is 24.4 Å². The van der Waals surface area contributed by atoms with Crippen LogP contribution in [0.3, 0.4) is 0 Å². The standard InChI is InChI=1S/C12H9NO3/c14-10-6-2-1-4-8(10)11(15)9-5-3-7-13-12(9)16/h1-7,14H,(H,13,16). The number of nitrogens with one attached hydrogen (secondary N) is 1. The van der Waals surface area contributed by atoms with Crippen molar-refractivity contribution in [1.29, 1.82) is 0 Å². The number of phenolic OH excluding ortho intramolecular Hbond substituents is 1. The molecule has 0 amide bonds. The number of carbonyl (C=O) groups excluding carboxylic acids is 1. The maximum atomic E-state index is 11.9. The van der Waals surface area contributed by atoms with Crippen molar-refractivity contribution in [1.82, 2.24) is 4.98 Å². The van der Waals surface area contributed by atoms with Gasteiger partial charge in [0.1, 0.15) is 5.75 Å². The van der Waals surface area contributed by atoms with Gasteiger partial charge in [0.05, 0.1) is 11.1 Å². The lowest BCUT2D eigenvalue weighted by Crippen LogP contribution is -2.17. The minimum atomic E-state index is -0.486. The Morgan fingerprint density at radius 3 is 2.44 bits per heavy atom. The first-order chi connectivity index (χ1) is 7.70. The first-order valence-electron chi connectivity index (χ1n) is 4.70. The maximum Gasteiger partial charge on any atom is 0.259 e. The molecule has 4 heteroatoms. The highest BCUT2D eigenvalue weighted by Crippen LogP contribution is 2.18. The second-order valence-electron chi connectivity index (χ2n) is 3.26. The van der Waals surface area contributed by atoms with E-state index in [0.29, 0.717) is 0 Å². The minimum absolute atomic E-state index is 0.0176. The van der Waals surface area contributed by atoms with Gasteiger partial charge in [0, 0.05) is 6.20 Å². The Bertz CT molecular complexity index is 587. The predicted octanol–water partition coefficient (Wildman–Crippen LogP) is 1.31. The van der Waals surface area contributed by atoms with E-state index in [4.69, 9.17) is 0 Å². The van der Waals surface area contributed by atoms with Crippen LogP contribution in [0.25, 0.3) is 0 Å². The number of aromatic amines is 1. The van der Waals surface area contributed by atoms with E-state index >= 15 is 0 Å². The molecule has 80 valence electrons. The third-order valence-corrected chi connectivity index (χ3v) is 2.21. The number of hydrogen-bond donors (Lipinski definition) is 2. The molecular weight excluding hydrogens is 206 g/mol. The van der Waals surface area contributed by atoms with Crippen LogP contribution in [0.1, 0.15) is 15.9 Å².